The molecule has 54 valence electrons. The van der Waals surface area contributed by atoms with Gasteiger partial charge in [0.2, 0.25) is 0 Å². The van der Waals surface area contributed by atoms with Crippen molar-refractivity contribution in [1.82, 2.24) is 0 Å². The zero-order valence-corrected chi connectivity index (χ0v) is 9.01. The van der Waals surface area contributed by atoms with Gasteiger partial charge in [0.15, 0.2) is 0 Å². The Bertz CT molecular complexity index is 112. The largest absolute Gasteiger partial charge is 1.00 e. The van der Waals surface area contributed by atoms with E-state index in [1.165, 1.54) is 6.92 Å². The summed E-state index contributed by atoms with van der Waals surface area (Å²) in [6.45, 7) is -3.61. The molecule has 1 atom stereocenters. The fraction of sp³-hybridized carbons (Fsp3) is 0.500. The van der Waals surface area contributed by atoms with Crippen LogP contribution in [0, 0.1) is 0 Å². The summed E-state index contributed by atoms with van der Waals surface area (Å²) >= 11 is 0. The molecule has 1 nitrogen and oxygen atoms in total. The summed E-state index contributed by atoms with van der Waals surface area (Å²) in [4.78, 5) is 0. The quantitative estimate of drug-likeness (QED) is 0.500. The molecule has 0 aromatic carbocycles. The molecule has 0 amide bonds. The van der Waals surface area contributed by atoms with Crippen molar-refractivity contribution in [1.29, 1.82) is 0 Å². The minimum absolute atomic E-state index is 0. The summed E-state index contributed by atoms with van der Waals surface area (Å²) in [5, 5.41) is 8.34. The van der Waals surface area contributed by atoms with E-state index in [0.717, 1.165) is 0 Å². The molecule has 0 aromatic heterocycles. The second-order valence-electron chi connectivity index (χ2n) is 1.75. The molecule has 0 rings (SSSR count). The van der Waals surface area contributed by atoms with Crippen LogP contribution < -0.4 is 51.4 Å². The van der Waals surface area contributed by atoms with Crippen LogP contribution >= 0.6 is 0 Å². The Balaban J connectivity index is 0. The Hall–Kier alpha value is 1.19. The number of halogens is 3. The smallest absolute Gasteiger partial charge is 0.445 e. The molecule has 0 unspecified atom stereocenters. The molecule has 0 aliphatic rings. The number of hydrogen-bond acceptors (Lipinski definition) is 1. The Morgan fingerprint density at radius 1 is 1.40 bits per heavy atom. The van der Waals surface area contributed by atoms with E-state index in [1.807, 2.05) is 0 Å². The van der Waals surface area contributed by atoms with Gasteiger partial charge in [-0.1, -0.05) is 6.08 Å². The standard InChI is InChI=1S/C4H7BF3O.K/c1-4(9)2-3-5(6,7)8;/h2-4,9H,1H3;/q-1;+1/b3-2+;/t4-;/m1./s1. The van der Waals surface area contributed by atoms with E-state index >= 15 is 0 Å². The summed E-state index contributed by atoms with van der Waals surface area (Å²) in [5.41, 5.74) is 0. The monoisotopic (exact) mass is 178 g/mol. The van der Waals surface area contributed by atoms with E-state index < -0.39 is 13.1 Å². The zero-order chi connectivity index (χ0) is 7.49. The molecule has 0 fully saturated rings. The van der Waals surface area contributed by atoms with Gasteiger partial charge in [-0.05, 0) is 6.92 Å². The van der Waals surface area contributed by atoms with Crippen LogP contribution in [0.25, 0.3) is 0 Å². The van der Waals surface area contributed by atoms with E-state index in [4.69, 9.17) is 5.11 Å². The SMILES string of the molecule is C[C@@H](O)/C=C/[B-](F)(F)F.[K+]. The average Bonchev–Trinajstić information content (AvgIpc) is 1.59. The van der Waals surface area contributed by atoms with Crippen LogP contribution in [0.5, 0.6) is 0 Å². The molecule has 0 saturated heterocycles. The molecule has 0 radical (unpaired) electrons. The molecule has 0 bridgehead atoms. The van der Waals surface area contributed by atoms with Gasteiger partial charge in [0.25, 0.3) is 0 Å². The van der Waals surface area contributed by atoms with Crippen LogP contribution in [0.2, 0.25) is 0 Å². The van der Waals surface area contributed by atoms with Gasteiger partial charge in [0.05, 0.1) is 6.10 Å². The first kappa shape index (κ1) is 13.8. The second kappa shape index (κ2) is 5.79. The minimum Gasteiger partial charge on any atom is -0.445 e. The molecular weight excluding hydrogens is 171 g/mol. The number of aliphatic hydroxyl groups excluding tert-OH is 1. The maximum absolute atomic E-state index is 11.3. The van der Waals surface area contributed by atoms with Crippen LogP contribution in [0.1, 0.15) is 6.92 Å². The third kappa shape index (κ3) is 11.9. The van der Waals surface area contributed by atoms with Crippen molar-refractivity contribution < 1.29 is 69.4 Å². The number of aliphatic hydroxyl groups is 1. The third-order valence-corrected chi connectivity index (χ3v) is 0.608. The van der Waals surface area contributed by atoms with Gasteiger partial charge >= 0.3 is 58.4 Å². The predicted molar refractivity (Wildman–Crippen MR) is 29.9 cm³/mol. The maximum Gasteiger partial charge on any atom is 1.00 e. The Kier molecular flexibility index (Phi) is 7.97. The summed E-state index contributed by atoms with van der Waals surface area (Å²) in [6, 6.07) is 0. The molecule has 6 heteroatoms. The zero-order valence-electron chi connectivity index (χ0n) is 5.89. The molecule has 0 aliphatic carbocycles. The van der Waals surface area contributed by atoms with E-state index in [-0.39, 0.29) is 57.4 Å². The molecule has 0 aliphatic heterocycles. The van der Waals surface area contributed by atoms with Gasteiger partial charge in [-0.2, -0.15) is 0 Å². The third-order valence-electron chi connectivity index (χ3n) is 0.608. The first-order chi connectivity index (χ1) is 3.92. The van der Waals surface area contributed by atoms with E-state index in [2.05, 4.69) is 0 Å². The summed E-state index contributed by atoms with van der Waals surface area (Å²) in [7, 11) is 0. The Labute approximate surface area is 100 Å². The minimum atomic E-state index is -4.87. The average molecular weight is 178 g/mol. The van der Waals surface area contributed by atoms with E-state index in [9.17, 15) is 12.9 Å². The topological polar surface area (TPSA) is 20.2 Å². The molecule has 0 spiro atoms. The molecule has 0 saturated carbocycles. The molecule has 1 N–H and O–H groups in total. The molecule has 10 heavy (non-hydrogen) atoms. The first-order valence-corrected chi connectivity index (χ1v) is 2.49. The van der Waals surface area contributed by atoms with Crippen LogP contribution in [-0.4, -0.2) is 18.2 Å². The predicted octanol–water partition coefficient (Wildman–Crippen LogP) is -1.69. The van der Waals surface area contributed by atoms with Gasteiger partial charge in [0.1, 0.15) is 0 Å². The van der Waals surface area contributed by atoms with E-state index in [0.29, 0.717) is 6.08 Å². The van der Waals surface area contributed by atoms with Crippen LogP contribution in [0.15, 0.2) is 12.1 Å². The maximum atomic E-state index is 11.3. The molecule has 0 heterocycles. The van der Waals surface area contributed by atoms with Crippen LogP contribution in [-0.2, 0) is 0 Å². The van der Waals surface area contributed by atoms with Gasteiger partial charge in [-0.3, -0.25) is 0 Å². The van der Waals surface area contributed by atoms with Crippen molar-refractivity contribution in [2.45, 2.75) is 13.0 Å². The first-order valence-electron chi connectivity index (χ1n) is 2.49. The normalized spacial score (nSPS) is 14.9. The van der Waals surface area contributed by atoms with Gasteiger partial charge < -0.3 is 18.1 Å². The van der Waals surface area contributed by atoms with Crippen molar-refractivity contribution in [3.63, 3.8) is 0 Å². The van der Waals surface area contributed by atoms with Gasteiger partial charge in [0, 0.05) is 0 Å². The fourth-order valence-corrected chi connectivity index (χ4v) is 0.287. The number of rotatable bonds is 2. The molecular formula is C4H7BF3KO. The summed E-state index contributed by atoms with van der Waals surface area (Å²) in [6.07, 6.45) is -0.312. The van der Waals surface area contributed by atoms with E-state index in [1.54, 1.807) is 0 Å². The van der Waals surface area contributed by atoms with Gasteiger partial charge in [-0.25, -0.2) is 0 Å². The Morgan fingerprint density at radius 3 is 1.90 bits per heavy atom. The van der Waals surface area contributed by atoms with Crippen LogP contribution in [0.4, 0.5) is 12.9 Å². The van der Waals surface area contributed by atoms with Crippen molar-refractivity contribution >= 4 is 6.98 Å². The fourth-order valence-electron chi connectivity index (χ4n) is 0.287. The van der Waals surface area contributed by atoms with Crippen molar-refractivity contribution in [3.05, 3.63) is 12.1 Å². The summed E-state index contributed by atoms with van der Waals surface area (Å²) < 4.78 is 33.8. The van der Waals surface area contributed by atoms with Crippen molar-refractivity contribution in [3.8, 4) is 0 Å². The van der Waals surface area contributed by atoms with Crippen LogP contribution in [0.3, 0.4) is 0 Å². The second-order valence-corrected chi connectivity index (χ2v) is 1.75. The number of hydrogen-bond donors (Lipinski definition) is 1. The van der Waals surface area contributed by atoms with Crippen molar-refractivity contribution in [2.75, 3.05) is 0 Å². The Morgan fingerprint density at radius 2 is 1.80 bits per heavy atom. The molecule has 0 aromatic rings. The van der Waals surface area contributed by atoms with Crippen molar-refractivity contribution in [2.24, 2.45) is 0 Å². The summed E-state index contributed by atoms with van der Waals surface area (Å²) in [5.74, 6) is 0.0741. The van der Waals surface area contributed by atoms with Gasteiger partial charge in [-0.15, -0.1) is 5.98 Å².